The number of likely N-dealkylation sites (N-methyl/N-ethyl adjacent to an activating group) is 1. The number of hydrogen-bond donors (Lipinski definition) is 0. The molecule has 37 heavy (non-hydrogen) atoms. The highest BCUT2D eigenvalue weighted by Gasteiger charge is 2.40. The van der Waals surface area contributed by atoms with Crippen molar-refractivity contribution < 1.29 is 9.53 Å². The molecule has 2 saturated heterocycles. The van der Waals surface area contributed by atoms with Gasteiger partial charge in [0.05, 0.1) is 6.61 Å². The van der Waals surface area contributed by atoms with E-state index in [2.05, 4.69) is 63.8 Å². The molecule has 198 valence electrons. The Hall–Kier alpha value is -2.54. The van der Waals surface area contributed by atoms with E-state index in [0.29, 0.717) is 13.0 Å². The Morgan fingerprint density at radius 3 is 2.62 bits per heavy atom. The number of piperazine rings is 1. The zero-order valence-corrected chi connectivity index (χ0v) is 23.1. The number of para-hydroxylation sites is 1. The molecule has 0 bridgehead atoms. The monoisotopic (exact) mass is 522 g/mol. The van der Waals surface area contributed by atoms with Gasteiger partial charge < -0.3 is 19.1 Å². The molecule has 0 aliphatic carbocycles. The van der Waals surface area contributed by atoms with Gasteiger partial charge in [-0.2, -0.15) is 0 Å². The number of carbonyl (C=O) groups excluding carboxylic acids is 1. The van der Waals surface area contributed by atoms with E-state index in [1.165, 1.54) is 16.5 Å². The number of aryl methyl sites for hydroxylation is 2. The number of piperidine rings is 1. The van der Waals surface area contributed by atoms with Gasteiger partial charge in [0.15, 0.2) is 0 Å². The van der Waals surface area contributed by atoms with E-state index in [4.69, 9.17) is 16.3 Å². The summed E-state index contributed by atoms with van der Waals surface area (Å²) in [4.78, 5) is 20.4. The van der Waals surface area contributed by atoms with E-state index in [9.17, 15) is 4.79 Å². The molecule has 2 aliphatic rings. The predicted octanol–water partition coefficient (Wildman–Crippen LogP) is 4.97. The second-order valence-electron chi connectivity index (χ2n) is 11.2. The quantitative estimate of drug-likeness (QED) is 0.439. The van der Waals surface area contributed by atoms with Gasteiger partial charge in [0, 0.05) is 80.3 Å². The maximum Gasteiger partial charge on any atom is 0.223 e. The van der Waals surface area contributed by atoms with Gasteiger partial charge in [0.2, 0.25) is 5.91 Å². The largest absolute Gasteiger partial charge is 0.493 e. The Kier molecular flexibility index (Phi) is 7.80. The van der Waals surface area contributed by atoms with Crippen molar-refractivity contribution in [3.05, 3.63) is 64.8 Å². The molecule has 0 unspecified atom stereocenters. The third kappa shape index (κ3) is 5.97. The summed E-state index contributed by atoms with van der Waals surface area (Å²) in [5.41, 5.74) is 3.38. The van der Waals surface area contributed by atoms with Crippen molar-refractivity contribution in [1.29, 1.82) is 0 Å². The van der Waals surface area contributed by atoms with Crippen LogP contribution in [0.3, 0.4) is 0 Å². The van der Waals surface area contributed by atoms with Crippen molar-refractivity contribution >= 4 is 28.4 Å². The first kappa shape index (κ1) is 26.1. The van der Waals surface area contributed by atoms with Crippen molar-refractivity contribution in [3.8, 4) is 5.75 Å². The van der Waals surface area contributed by atoms with Crippen molar-refractivity contribution in [1.82, 2.24) is 19.3 Å². The highest BCUT2D eigenvalue weighted by molar-refractivity contribution is 6.31. The summed E-state index contributed by atoms with van der Waals surface area (Å²) in [5, 5.41) is 2.05. The molecule has 3 aromatic rings. The Morgan fingerprint density at radius 2 is 1.84 bits per heavy atom. The fourth-order valence-corrected chi connectivity index (χ4v) is 6.10. The molecule has 2 aliphatic heterocycles. The van der Waals surface area contributed by atoms with Gasteiger partial charge in [-0.1, -0.05) is 29.8 Å². The van der Waals surface area contributed by atoms with Crippen LogP contribution < -0.4 is 4.74 Å². The fraction of sp³-hybridized carbons (Fsp3) is 0.500. The van der Waals surface area contributed by atoms with Gasteiger partial charge in [-0.3, -0.25) is 9.69 Å². The van der Waals surface area contributed by atoms with Gasteiger partial charge in [0.25, 0.3) is 0 Å². The van der Waals surface area contributed by atoms with Crippen LogP contribution in [0.5, 0.6) is 5.75 Å². The Balaban J connectivity index is 1.35. The minimum Gasteiger partial charge on any atom is -0.493 e. The molecule has 1 amide bonds. The summed E-state index contributed by atoms with van der Waals surface area (Å²) in [6.07, 6.45) is 4.83. The average molecular weight is 523 g/mol. The maximum absolute atomic E-state index is 13.5. The molecule has 0 radical (unpaired) electrons. The van der Waals surface area contributed by atoms with E-state index < -0.39 is 0 Å². The average Bonchev–Trinajstić information content (AvgIpc) is 3.20. The highest BCUT2D eigenvalue weighted by Crippen LogP contribution is 2.37. The molecule has 1 atom stereocenters. The van der Waals surface area contributed by atoms with Crippen LogP contribution >= 0.6 is 11.6 Å². The smallest absolute Gasteiger partial charge is 0.223 e. The van der Waals surface area contributed by atoms with E-state index in [0.717, 1.165) is 75.0 Å². The predicted molar refractivity (Wildman–Crippen MR) is 150 cm³/mol. The number of halogens is 1. The molecule has 2 aromatic carbocycles. The number of rotatable bonds is 7. The molecule has 6 nitrogen and oxygen atoms in total. The highest BCUT2D eigenvalue weighted by atomic mass is 35.5. The summed E-state index contributed by atoms with van der Waals surface area (Å²) in [6, 6.07) is 14.4. The summed E-state index contributed by atoms with van der Waals surface area (Å²) in [6.45, 7) is 8.78. The van der Waals surface area contributed by atoms with Crippen LogP contribution in [0.1, 0.15) is 30.4 Å². The lowest BCUT2D eigenvalue weighted by molar-refractivity contribution is -0.137. The molecular formula is C30H39ClN4O2. The van der Waals surface area contributed by atoms with Crippen LogP contribution in [0.4, 0.5) is 0 Å². The van der Waals surface area contributed by atoms with Crippen molar-refractivity contribution in [2.45, 2.75) is 32.7 Å². The van der Waals surface area contributed by atoms with Crippen molar-refractivity contribution in [3.63, 3.8) is 0 Å². The number of hydrogen-bond acceptors (Lipinski definition) is 4. The van der Waals surface area contributed by atoms with Gasteiger partial charge >= 0.3 is 0 Å². The van der Waals surface area contributed by atoms with Crippen LogP contribution in [0.2, 0.25) is 5.02 Å². The lowest BCUT2D eigenvalue weighted by Crippen LogP contribution is -2.52. The number of fused-ring (bicyclic) bond motifs is 1. The first-order chi connectivity index (χ1) is 17.8. The van der Waals surface area contributed by atoms with Crippen LogP contribution in [0.15, 0.2) is 48.7 Å². The van der Waals surface area contributed by atoms with Gasteiger partial charge in [0.1, 0.15) is 5.75 Å². The van der Waals surface area contributed by atoms with Crippen molar-refractivity contribution in [2.75, 3.05) is 52.9 Å². The Labute approximate surface area is 225 Å². The third-order valence-electron chi connectivity index (χ3n) is 8.17. The molecule has 0 N–H and O–H groups in total. The number of amides is 1. The lowest BCUT2D eigenvalue weighted by atomic mass is 9.77. The molecular weight excluding hydrogens is 484 g/mol. The minimum absolute atomic E-state index is 0.225. The van der Waals surface area contributed by atoms with Crippen LogP contribution in [-0.4, -0.2) is 78.1 Å². The molecule has 5 rings (SSSR count). The van der Waals surface area contributed by atoms with E-state index in [1.807, 2.05) is 25.1 Å². The number of aromatic nitrogens is 1. The Bertz CT molecular complexity index is 1250. The van der Waals surface area contributed by atoms with E-state index in [1.54, 1.807) is 0 Å². The van der Waals surface area contributed by atoms with Crippen molar-refractivity contribution in [2.24, 2.45) is 12.5 Å². The molecule has 3 heterocycles. The molecule has 0 spiro atoms. The number of likely N-dealkylation sites (tertiary alicyclic amines) is 1. The SMILES string of the molecule is Cc1cc(OC[C@]2(CC(=O)N3CCN(C)CC3)CCCN(Cc3cn(C)c4ccccc34)C2)ccc1Cl. The van der Waals surface area contributed by atoms with Crippen LogP contribution in [0, 0.1) is 12.3 Å². The molecule has 7 heteroatoms. The van der Waals surface area contributed by atoms with Crippen LogP contribution in [0.25, 0.3) is 10.9 Å². The number of nitrogens with zero attached hydrogens (tertiary/aromatic N) is 4. The van der Waals surface area contributed by atoms with Gasteiger partial charge in [-0.25, -0.2) is 0 Å². The van der Waals surface area contributed by atoms with Crippen LogP contribution in [-0.2, 0) is 18.4 Å². The normalized spacial score (nSPS) is 21.5. The zero-order chi connectivity index (χ0) is 26.0. The van der Waals surface area contributed by atoms with E-state index in [-0.39, 0.29) is 11.3 Å². The second kappa shape index (κ2) is 11.1. The maximum atomic E-state index is 13.5. The summed E-state index contributed by atoms with van der Waals surface area (Å²) in [5.74, 6) is 1.08. The summed E-state index contributed by atoms with van der Waals surface area (Å²) < 4.78 is 8.61. The molecule has 2 fully saturated rings. The first-order valence-electron chi connectivity index (χ1n) is 13.4. The molecule has 0 saturated carbocycles. The third-order valence-corrected chi connectivity index (χ3v) is 8.59. The standard InChI is InChI=1S/C30H39ClN4O2/c1-23-17-25(9-10-27(23)31)37-22-30(18-29(36)35-15-13-32(2)14-16-35)11-6-12-34(21-30)20-24-19-33(3)28-8-5-4-7-26(24)28/h4-5,7-10,17,19H,6,11-16,18,20-22H2,1-3H3/t30-/m0/s1. The summed E-state index contributed by atoms with van der Waals surface area (Å²) in [7, 11) is 4.24. The number of benzene rings is 2. The summed E-state index contributed by atoms with van der Waals surface area (Å²) >= 11 is 6.24. The minimum atomic E-state index is -0.225. The van der Waals surface area contributed by atoms with Gasteiger partial charge in [-0.15, -0.1) is 0 Å². The topological polar surface area (TPSA) is 41.0 Å². The number of ether oxygens (including phenoxy) is 1. The zero-order valence-electron chi connectivity index (χ0n) is 22.4. The second-order valence-corrected chi connectivity index (χ2v) is 11.6. The lowest BCUT2D eigenvalue weighted by Gasteiger charge is -2.43. The molecule has 1 aromatic heterocycles. The van der Waals surface area contributed by atoms with Gasteiger partial charge in [-0.05, 0) is 68.8 Å². The number of carbonyl (C=O) groups is 1. The fourth-order valence-electron chi connectivity index (χ4n) is 5.98. The van der Waals surface area contributed by atoms with E-state index >= 15 is 0 Å². The Morgan fingerprint density at radius 1 is 1.05 bits per heavy atom. The first-order valence-corrected chi connectivity index (χ1v) is 13.8.